The van der Waals surface area contributed by atoms with Crippen LogP contribution in [0.5, 0.6) is 0 Å². The summed E-state index contributed by atoms with van der Waals surface area (Å²) in [6.07, 6.45) is -2.02. The zero-order chi connectivity index (χ0) is 16.4. The van der Waals surface area contributed by atoms with Crippen LogP contribution in [0.15, 0.2) is 24.3 Å². The fourth-order valence-electron chi connectivity index (χ4n) is 2.97. The molecule has 1 aromatic rings. The molecule has 2 atom stereocenters. The molecule has 3 rings (SSSR count). The van der Waals surface area contributed by atoms with Gasteiger partial charge < -0.3 is 10.1 Å². The quantitative estimate of drug-likeness (QED) is 0.809. The Hall–Kier alpha value is -1.38. The number of hydrogen-bond donors (Lipinski definition) is 2. The first kappa shape index (κ1) is 16.5. The van der Waals surface area contributed by atoms with Gasteiger partial charge in [-0.2, -0.15) is 13.2 Å². The summed E-state index contributed by atoms with van der Waals surface area (Å²) in [7, 11) is 0. The number of alkyl halides is 3. The van der Waals surface area contributed by atoms with Gasteiger partial charge >= 0.3 is 6.18 Å². The highest BCUT2D eigenvalue weighted by atomic mass is 32.1. The van der Waals surface area contributed by atoms with Gasteiger partial charge in [0.05, 0.1) is 5.56 Å². The van der Waals surface area contributed by atoms with Crippen LogP contribution >= 0.6 is 12.2 Å². The average molecular weight is 346 g/mol. The predicted molar refractivity (Wildman–Crippen MR) is 84.2 cm³/mol. The second-order valence-electron chi connectivity index (χ2n) is 5.88. The van der Waals surface area contributed by atoms with Crippen molar-refractivity contribution in [1.82, 2.24) is 5.32 Å². The summed E-state index contributed by atoms with van der Waals surface area (Å²) in [6.45, 7) is 2.81. The minimum Gasteiger partial charge on any atom is -0.372 e. The number of halogens is 3. The zero-order valence-corrected chi connectivity index (χ0v) is 13.3. The predicted octanol–water partition coefficient (Wildman–Crippen LogP) is 1.38. The molecule has 23 heavy (non-hydrogen) atoms. The van der Waals surface area contributed by atoms with Gasteiger partial charge in [-0.25, -0.2) is 0 Å². The Bertz CT molecular complexity index is 575. The number of benzene rings is 1. The summed E-state index contributed by atoms with van der Waals surface area (Å²) in [5.74, 6) is 0. The minimum absolute atomic E-state index is 0.224. The Kier molecular flexibility index (Phi) is 4.74. The van der Waals surface area contributed by atoms with Crippen LogP contribution < -0.4 is 15.1 Å². The smallest absolute Gasteiger partial charge is 0.372 e. The summed E-state index contributed by atoms with van der Waals surface area (Å²) in [6, 6.07) is 5.28. The second-order valence-corrected chi connectivity index (χ2v) is 6.27. The van der Waals surface area contributed by atoms with Crippen molar-refractivity contribution in [3.8, 4) is 0 Å². The summed E-state index contributed by atoms with van der Waals surface area (Å²) in [5.41, 5.74) is -0.203. The number of anilines is 1. The standard InChI is InChI=1S/C15H18F3N3OS/c16-15(17,18)11-3-1-4-12(7-11)21-10-20(9-19-14(21)23)8-13-5-2-6-22-13/h1,3-4,7,13H,2,5-6,8-10H2,(H,19,23)/p+1/t13-/m0/s1. The van der Waals surface area contributed by atoms with Crippen LogP contribution in [0, 0.1) is 0 Å². The van der Waals surface area contributed by atoms with Gasteiger partial charge in [0.2, 0.25) is 0 Å². The molecule has 8 heteroatoms. The highest BCUT2D eigenvalue weighted by Crippen LogP contribution is 2.31. The van der Waals surface area contributed by atoms with E-state index in [0.29, 0.717) is 24.1 Å². The van der Waals surface area contributed by atoms with Crippen LogP contribution in [0.2, 0.25) is 0 Å². The van der Waals surface area contributed by atoms with E-state index in [4.69, 9.17) is 17.0 Å². The molecule has 0 spiro atoms. The van der Waals surface area contributed by atoms with Gasteiger partial charge in [-0.1, -0.05) is 6.07 Å². The molecule has 2 saturated heterocycles. The lowest BCUT2D eigenvalue weighted by atomic mass is 10.2. The maximum absolute atomic E-state index is 12.9. The van der Waals surface area contributed by atoms with E-state index in [1.807, 2.05) is 0 Å². The summed E-state index contributed by atoms with van der Waals surface area (Å²) >= 11 is 5.27. The highest BCUT2D eigenvalue weighted by Gasteiger charge is 2.33. The lowest BCUT2D eigenvalue weighted by Crippen LogP contribution is -3.18. The van der Waals surface area contributed by atoms with E-state index < -0.39 is 11.7 Å². The van der Waals surface area contributed by atoms with Crippen molar-refractivity contribution in [2.24, 2.45) is 0 Å². The first-order valence-corrected chi connectivity index (χ1v) is 8.02. The number of rotatable bonds is 3. The Morgan fingerprint density at radius 3 is 2.91 bits per heavy atom. The third-order valence-corrected chi connectivity index (χ3v) is 4.51. The molecule has 0 radical (unpaired) electrons. The minimum atomic E-state index is -4.36. The molecule has 4 nitrogen and oxygen atoms in total. The van der Waals surface area contributed by atoms with Gasteiger partial charge in [-0.05, 0) is 43.3 Å². The molecule has 2 heterocycles. The Balaban J connectivity index is 1.73. The molecule has 2 aliphatic rings. The number of thiocarbonyl (C=S) groups is 1. The third-order valence-electron chi connectivity index (χ3n) is 4.14. The molecule has 126 valence electrons. The van der Waals surface area contributed by atoms with E-state index in [1.54, 1.807) is 11.0 Å². The number of hydrogen-bond acceptors (Lipinski definition) is 2. The maximum atomic E-state index is 12.9. The van der Waals surface area contributed by atoms with E-state index in [1.165, 1.54) is 11.0 Å². The molecule has 1 unspecified atom stereocenters. The van der Waals surface area contributed by atoms with Crippen LogP contribution in [0.25, 0.3) is 0 Å². The number of ether oxygens (including phenoxy) is 1. The molecule has 1 aromatic carbocycles. The zero-order valence-electron chi connectivity index (χ0n) is 12.5. The van der Waals surface area contributed by atoms with Gasteiger partial charge in [0.15, 0.2) is 18.4 Å². The van der Waals surface area contributed by atoms with Gasteiger partial charge in [0.1, 0.15) is 12.6 Å². The molecule has 0 amide bonds. The first-order valence-electron chi connectivity index (χ1n) is 7.61. The SMILES string of the molecule is FC(F)(F)c1cccc(N2C[NH+](C[C@@H]3CCCO3)CNC2=S)c1. The Morgan fingerprint density at radius 2 is 2.22 bits per heavy atom. The molecular formula is C15H19F3N3OS+. The van der Waals surface area contributed by atoms with Crippen molar-refractivity contribution in [1.29, 1.82) is 0 Å². The van der Waals surface area contributed by atoms with E-state index in [9.17, 15) is 13.2 Å². The lowest BCUT2D eigenvalue weighted by Gasteiger charge is -2.36. The van der Waals surface area contributed by atoms with E-state index in [0.717, 1.165) is 38.1 Å². The van der Waals surface area contributed by atoms with Crippen LogP contribution in [0.1, 0.15) is 18.4 Å². The van der Waals surface area contributed by atoms with E-state index in [-0.39, 0.29) is 6.10 Å². The second kappa shape index (κ2) is 6.62. The van der Waals surface area contributed by atoms with E-state index >= 15 is 0 Å². The fraction of sp³-hybridized carbons (Fsp3) is 0.533. The third kappa shape index (κ3) is 3.94. The molecule has 0 saturated carbocycles. The number of nitrogens with zero attached hydrogens (tertiary/aromatic N) is 1. The van der Waals surface area contributed by atoms with Crippen molar-refractivity contribution in [3.63, 3.8) is 0 Å². The largest absolute Gasteiger partial charge is 0.416 e. The fourth-order valence-corrected chi connectivity index (χ4v) is 3.21. The van der Waals surface area contributed by atoms with Gasteiger partial charge in [-0.15, -0.1) is 0 Å². The van der Waals surface area contributed by atoms with Crippen molar-refractivity contribution >= 4 is 23.0 Å². The first-order chi connectivity index (χ1) is 10.9. The Labute approximate surface area is 138 Å². The lowest BCUT2D eigenvalue weighted by molar-refractivity contribution is -0.905. The van der Waals surface area contributed by atoms with Crippen molar-refractivity contribution in [3.05, 3.63) is 29.8 Å². The molecular weight excluding hydrogens is 327 g/mol. The normalized spacial score (nSPS) is 25.5. The number of quaternary nitrogens is 1. The molecule has 0 aliphatic carbocycles. The topological polar surface area (TPSA) is 28.9 Å². The number of nitrogens with one attached hydrogen (secondary N) is 2. The molecule has 2 N–H and O–H groups in total. The molecule has 2 aliphatic heterocycles. The molecule has 0 bridgehead atoms. The molecule has 2 fully saturated rings. The van der Waals surface area contributed by atoms with Crippen LogP contribution in [-0.4, -0.2) is 37.7 Å². The Morgan fingerprint density at radius 1 is 1.39 bits per heavy atom. The molecule has 0 aromatic heterocycles. The van der Waals surface area contributed by atoms with Crippen LogP contribution in [0.4, 0.5) is 18.9 Å². The van der Waals surface area contributed by atoms with Crippen LogP contribution in [0.3, 0.4) is 0 Å². The highest BCUT2D eigenvalue weighted by molar-refractivity contribution is 7.80. The van der Waals surface area contributed by atoms with Crippen molar-refractivity contribution in [2.75, 3.05) is 31.4 Å². The average Bonchev–Trinajstić information content (AvgIpc) is 3.01. The van der Waals surface area contributed by atoms with E-state index in [2.05, 4.69) is 5.32 Å². The van der Waals surface area contributed by atoms with Gasteiger partial charge in [-0.3, -0.25) is 9.80 Å². The summed E-state index contributed by atoms with van der Waals surface area (Å²) < 4.78 is 44.3. The van der Waals surface area contributed by atoms with Gasteiger partial charge in [0, 0.05) is 12.3 Å². The van der Waals surface area contributed by atoms with Crippen molar-refractivity contribution < 1.29 is 22.8 Å². The van der Waals surface area contributed by atoms with Crippen LogP contribution in [-0.2, 0) is 10.9 Å². The monoisotopic (exact) mass is 346 g/mol. The van der Waals surface area contributed by atoms with Gasteiger partial charge in [0.25, 0.3) is 0 Å². The summed E-state index contributed by atoms with van der Waals surface area (Å²) in [5, 5.41) is 3.56. The maximum Gasteiger partial charge on any atom is 0.416 e. The van der Waals surface area contributed by atoms with Crippen molar-refractivity contribution in [2.45, 2.75) is 25.1 Å². The summed E-state index contributed by atoms with van der Waals surface area (Å²) in [4.78, 5) is 2.92.